The summed E-state index contributed by atoms with van der Waals surface area (Å²) in [6, 6.07) is 6.06. The number of nitrogens with two attached hydrogens (primary N) is 1. The molecule has 2 heterocycles. The zero-order valence-corrected chi connectivity index (χ0v) is 17.8. The van der Waals surface area contributed by atoms with E-state index in [1.165, 1.54) is 24.3 Å². The molecule has 2 aromatic heterocycles. The Morgan fingerprint density at radius 3 is 2.34 bits per heavy atom. The molecule has 0 bridgehead atoms. The van der Waals surface area contributed by atoms with Crippen molar-refractivity contribution >= 4 is 40.6 Å². The van der Waals surface area contributed by atoms with Crippen LogP contribution in [-0.2, 0) is 20.8 Å². The van der Waals surface area contributed by atoms with Gasteiger partial charge in [0.05, 0.1) is 24.2 Å². The molecular weight excluding hydrogens is 420 g/mol. The van der Waals surface area contributed by atoms with Gasteiger partial charge in [-0.15, -0.1) is 0 Å². The van der Waals surface area contributed by atoms with E-state index in [0.29, 0.717) is 11.4 Å². The summed E-state index contributed by atoms with van der Waals surface area (Å²) < 4.78 is 20.6. The Morgan fingerprint density at radius 2 is 1.69 bits per heavy atom. The Bertz CT molecular complexity index is 1160. The number of benzene rings is 1. The molecule has 0 radical (unpaired) electrons. The third-order valence-electron chi connectivity index (χ3n) is 4.26. The number of esters is 2. The molecule has 0 aliphatic heterocycles. The third-order valence-corrected chi connectivity index (χ3v) is 4.26. The molecular formula is C21H22N4O7. The second-order valence-corrected chi connectivity index (χ2v) is 6.46. The van der Waals surface area contributed by atoms with E-state index in [9.17, 15) is 14.4 Å². The fourth-order valence-corrected chi connectivity index (χ4v) is 2.89. The van der Waals surface area contributed by atoms with E-state index in [1.54, 1.807) is 20.8 Å². The number of aromatic nitrogens is 2. The highest BCUT2D eigenvalue weighted by Crippen LogP contribution is 2.29. The second-order valence-electron chi connectivity index (χ2n) is 6.46. The third kappa shape index (κ3) is 4.94. The lowest BCUT2D eigenvalue weighted by Gasteiger charge is -2.07. The van der Waals surface area contributed by atoms with Gasteiger partial charge in [0, 0.05) is 5.69 Å². The largest absolute Gasteiger partial charge is 0.462 e. The van der Waals surface area contributed by atoms with Crippen LogP contribution in [0, 0.1) is 6.92 Å². The molecule has 3 N–H and O–H groups in total. The van der Waals surface area contributed by atoms with Crippen LogP contribution in [0.4, 0.5) is 16.3 Å². The molecule has 0 unspecified atom stereocenters. The first-order valence-electron chi connectivity index (χ1n) is 9.77. The van der Waals surface area contributed by atoms with Gasteiger partial charge in [-0.2, -0.15) is 4.98 Å². The zero-order valence-electron chi connectivity index (χ0n) is 17.8. The summed E-state index contributed by atoms with van der Waals surface area (Å²) in [5, 5.41) is 2.77. The van der Waals surface area contributed by atoms with Crippen molar-refractivity contribution < 1.29 is 33.0 Å². The average molecular weight is 442 g/mol. The van der Waals surface area contributed by atoms with Crippen LogP contribution in [0.1, 0.15) is 46.1 Å². The van der Waals surface area contributed by atoms with Gasteiger partial charge in [0.25, 0.3) is 0 Å². The van der Waals surface area contributed by atoms with Gasteiger partial charge < -0.3 is 24.4 Å². The number of rotatable bonds is 7. The van der Waals surface area contributed by atoms with E-state index in [4.69, 9.17) is 24.4 Å². The smallest absolute Gasteiger partial charge is 0.411 e. The number of amides is 1. The van der Waals surface area contributed by atoms with Gasteiger partial charge in [0.1, 0.15) is 17.1 Å². The van der Waals surface area contributed by atoms with E-state index in [-0.39, 0.29) is 53.7 Å². The molecule has 0 atom stereocenters. The van der Waals surface area contributed by atoms with Crippen molar-refractivity contribution in [2.75, 3.05) is 24.3 Å². The summed E-state index contributed by atoms with van der Waals surface area (Å²) >= 11 is 0. The van der Waals surface area contributed by atoms with Crippen LogP contribution in [0.5, 0.6) is 0 Å². The Labute approximate surface area is 182 Å². The minimum Gasteiger partial charge on any atom is -0.462 e. The number of ether oxygens (including phenoxy) is 3. The normalized spacial score (nSPS) is 10.6. The van der Waals surface area contributed by atoms with E-state index in [0.717, 1.165) is 0 Å². The number of aryl methyl sites for hydroxylation is 1. The number of nitrogen functional groups attached to an aromatic ring is 1. The molecule has 0 aliphatic rings. The van der Waals surface area contributed by atoms with Crippen molar-refractivity contribution in [1.82, 2.24) is 9.97 Å². The van der Waals surface area contributed by atoms with Crippen molar-refractivity contribution in [3.05, 3.63) is 47.0 Å². The van der Waals surface area contributed by atoms with Gasteiger partial charge in [-0.1, -0.05) is 0 Å². The summed E-state index contributed by atoms with van der Waals surface area (Å²) in [4.78, 5) is 44.2. The van der Waals surface area contributed by atoms with Crippen molar-refractivity contribution in [2.24, 2.45) is 0 Å². The number of carbonyl (C=O) groups excluding carboxylic acids is 3. The molecule has 3 aromatic rings. The lowest BCUT2D eigenvalue weighted by atomic mass is 10.2. The van der Waals surface area contributed by atoms with E-state index < -0.39 is 18.0 Å². The number of anilines is 2. The van der Waals surface area contributed by atoms with Gasteiger partial charge >= 0.3 is 18.0 Å². The van der Waals surface area contributed by atoms with Gasteiger partial charge in [0.15, 0.2) is 12.4 Å². The number of nitrogens with zero attached hydrogens (tertiary/aromatic N) is 2. The molecule has 11 nitrogen and oxygen atoms in total. The monoisotopic (exact) mass is 442 g/mol. The highest BCUT2D eigenvalue weighted by molar-refractivity contribution is 6.07. The summed E-state index contributed by atoms with van der Waals surface area (Å²) in [7, 11) is 0. The molecule has 0 saturated heterocycles. The first kappa shape index (κ1) is 22.5. The summed E-state index contributed by atoms with van der Waals surface area (Å²) in [5.41, 5.74) is 6.98. The maximum absolute atomic E-state index is 12.3. The van der Waals surface area contributed by atoms with Gasteiger partial charge in [0.2, 0.25) is 5.71 Å². The van der Waals surface area contributed by atoms with Crippen LogP contribution in [0.3, 0.4) is 0 Å². The highest BCUT2D eigenvalue weighted by Gasteiger charge is 2.24. The van der Waals surface area contributed by atoms with E-state index in [2.05, 4.69) is 15.3 Å². The van der Waals surface area contributed by atoms with Crippen molar-refractivity contribution in [2.45, 2.75) is 27.4 Å². The number of hydrogen-bond acceptors (Lipinski definition) is 10. The maximum Gasteiger partial charge on any atom is 0.411 e. The molecule has 0 saturated carbocycles. The van der Waals surface area contributed by atoms with E-state index in [1.807, 2.05) is 0 Å². The van der Waals surface area contributed by atoms with Gasteiger partial charge in [-0.25, -0.2) is 19.4 Å². The van der Waals surface area contributed by atoms with Crippen LogP contribution in [0.25, 0.3) is 11.1 Å². The van der Waals surface area contributed by atoms with E-state index >= 15 is 0 Å². The molecule has 168 valence electrons. The SMILES string of the molecule is CCOC(=O)Nc1ccc(C(=O)OCc2nc(N)c3c(C(=O)OCC)c(C)oc3n2)cc1. The predicted molar refractivity (Wildman–Crippen MR) is 113 cm³/mol. The molecule has 11 heteroatoms. The zero-order chi connectivity index (χ0) is 23.3. The number of nitrogens with one attached hydrogen (secondary N) is 1. The van der Waals surface area contributed by atoms with Gasteiger partial charge in [-0.3, -0.25) is 5.32 Å². The minimum absolute atomic E-state index is 0.00958. The summed E-state index contributed by atoms with van der Waals surface area (Å²) in [6.45, 7) is 5.15. The molecule has 1 amide bonds. The van der Waals surface area contributed by atoms with Gasteiger partial charge in [-0.05, 0) is 45.0 Å². The lowest BCUT2D eigenvalue weighted by Crippen LogP contribution is -2.13. The molecule has 32 heavy (non-hydrogen) atoms. The number of furan rings is 1. The van der Waals surface area contributed by atoms with Crippen LogP contribution in [0.2, 0.25) is 0 Å². The summed E-state index contributed by atoms with van der Waals surface area (Å²) in [5.74, 6) is -0.800. The Balaban J connectivity index is 1.70. The maximum atomic E-state index is 12.3. The van der Waals surface area contributed by atoms with Crippen LogP contribution in [0.15, 0.2) is 28.7 Å². The number of fused-ring (bicyclic) bond motifs is 1. The van der Waals surface area contributed by atoms with Crippen molar-refractivity contribution in [3.8, 4) is 0 Å². The first-order valence-corrected chi connectivity index (χ1v) is 9.77. The average Bonchev–Trinajstić information content (AvgIpc) is 3.09. The summed E-state index contributed by atoms with van der Waals surface area (Å²) in [6.07, 6.45) is -0.591. The van der Waals surface area contributed by atoms with Crippen molar-refractivity contribution in [1.29, 1.82) is 0 Å². The van der Waals surface area contributed by atoms with Crippen LogP contribution >= 0.6 is 0 Å². The Hall–Kier alpha value is -4.15. The van der Waals surface area contributed by atoms with Crippen molar-refractivity contribution in [3.63, 3.8) is 0 Å². The topological polar surface area (TPSA) is 156 Å². The molecule has 0 aliphatic carbocycles. The fourth-order valence-electron chi connectivity index (χ4n) is 2.89. The van der Waals surface area contributed by atoms with Crippen LogP contribution < -0.4 is 11.1 Å². The second kappa shape index (κ2) is 9.77. The van der Waals surface area contributed by atoms with Crippen LogP contribution in [-0.4, -0.2) is 41.2 Å². The lowest BCUT2D eigenvalue weighted by molar-refractivity contribution is 0.0461. The molecule has 0 fully saturated rings. The predicted octanol–water partition coefficient (Wildman–Crippen LogP) is 3.22. The number of carbonyl (C=O) groups is 3. The first-order chi connectivity index (χ1) is 15.3. The Kier molecular flexibility index (Phi) is 6.88. The minimum atomic E-state index is -0.627. The molecule has 3 rings (SSSR count). The molecule has 0 spiro atoms. The number of hydrogen-bond donors (Lipinski definition) is 2. The quantitative estimate of drug-likeness (QED) is 0.411. The molecule has 1 aromatic carbocycles. The highest BCUT2D eigenvalue weighted by atomic mass is 16.5. The standard InChI is InChI=1S/C21H22N4O7/c1-4-29-20(27)15-11(3)32-18-16(15)17(22)24-14(25-18)10-31-19(26)12-6-8-13(9-7-12)23-21(28)30-5-2/h6-9H,4-5,10H2,1-3H3,(H,23,28)(H2,22,24,25). The Morgan fingerprint density at radius 1 is 1.00 bits per heavy atom. The fraction of sp³-hybridized carbons (Fsp3) is 0.286.